The van der Waals surface area contributed by atoms with Crippen LogP contribution in [-0.4, -0.2) is 43.0 Å². The van der Waals surface area contributed by atoms with Gasteiger partial charge in [0, 0.05) is 36.1 Å². The molecule has 164 valence electrons. The number of nitrogens with one attached hydrogen (secondary N) is 3. The van der Waals surface area contributed by atoms with Gasteiger partial charge in [-0.1, -0.05) is 0 Å². The minimum absolute atomic E-state index is 0.0653. The number of carbonyl (C=O) groups excluding carboxylic acids is 1. The molecule has 0 saturated heterocycles. The summed E-state index contributed by atoms with van der Waals surface area (Å²) in [5.74, 6) is 1.65. The first kappa shape index (κ1) is 19.8. The van der Waals surface area contributed by atoms with Crippen LogP contribution < -0.4 is 16.4 Å². The Kier molecular flexibility index (Phi) is 4.81. The van der Waals surface area contributed by atoms with E-state index >= 15 is 0 Å². The van der Waals surface area contributed by atoms with E-state index in [-0.39, 0.29) is 29.7 Å². The number of nitrogens with zero attached hydrogens (tertiary/aromatic N) is 4. The number of anilines is 2. The molecule has 2 atom stereocenters. The first-order chi connectivity index (χ1) is 14.9. The van der Waals surface area contributed by atoms with Crippen molar-refractivity contribution in [2.75, 3.05) is 5.32 Å². The minimum Gasteiger partial charge on any atom is -0.446 e. The zero-order valence-corrected chi connectivity index (χ0v) is 17.8. The van der Waals surface area contributed by atoms with Gasteiger partial charge in [-0.15, -0.1) is 0 Å². The Morgan fingerprint density at radius 3 is 2.97 bits per heavy atom. The molecule has 5 rings (SSSR count). The summed E-state index contributed by atoms with van der Waals surface area (Å²) in [5, 5.41) is 18.2. The summed E-state index contributed by atoms with van der Waals surface area (Å²) in [6, 6.07) is 4.06. The molecule has 2 saturated carbocycles. The summed E-state index contributed by atoms with van der Waals surface area (Å²) in [6.07, 6.45) is 7.59. The van der Waals surface area contributed by atoms with Crippen LogP contribution in [0.3, 0.4) is 0 Å². The topological polar surface area (TPSA) is 135 Å². The van der Waals surface area contributed by atoms with Crippen LogP contribution in [0.1, 0.15) is 63.3 Å². The van der Waals surface area contributed by atoms with Crippen LogP contribution >= 0.6 is 0 Å². The predicted molar refractivity (Wildman–Crippen MR) is 115 cm³/mol. The highest BCUT2D eigenvalue weighted by Gasteiger charge is 2.42. The first-order valence-electron chi connectivity index (χ1n) is 10.8. The number of hydrogen-bond acceptors (Lipinski definition) is 7. The van der Waals surface area contributed by atoms with E-state index in [1.807, 2.05) is 32.2 Å². The van der Waals surface area contributed by atoms with E-state index in [2.05, 4.69) is 30.9 Å². The molecule has 2 aliphatic carbocycles. The van der Waals surface area contributed by atoms with Crippen LogP contribution in [0, 0.1) is 0 Å². The average Bonchev–Trinajstić information content (AvgIpc) is 3.14. The van der Waals surface area contributed by atoms with E-state index in [0.717, 1.165) is 49.0 Å². The van der Waals surface area contributed by atoms with Crippen LogP contribution in [0.15, 0.2) is 24.5 Å². The van der Waals surface area contributed by atoms with Gasteiger partial charge in [-0.05, 0) is 52.0 Å². The van der Waals surface area contributed by atoms with Crippen molar-refractivity contribution >= 4 is 23.2 Å². The van der Waals surface area contributed by atoms with Crippen molar-refractivity contribution in [3.63, 3.8) is 0 Å². The lowest BCUT2D eigenvalue weighted by molar-refractivity contribution is 0.0981. The van der Waals surface area contributed by atoms with Gasteiger partial charge in [0.2, 0.25) is 0 Å². The summed E-state index contributed by atoms with van der Waals surface area (Å²) in [7, 11) is 0. The van der Waals surface area contributed by atoms with Crippen molar-refractivity contribution < 1.29 is 9.53 Å². The standard InChI is InChI=1S/C21H28N8O2/c1-12(2)24-20(30)31-14-4-3-13(9-14)15-10-18(27-26-15)25-19-16-11-17(21(22)5-6-21)28-29(16)8-7-23-19/h7-8,10-14H,3-6,9,22H2,1-2H3,(H,24,30)(H2,23,25,26,27)/t13-,14+/m0/s1. The minimum atomic E-state index is -0.350. The molecule has 2 aliphatic rings. The Morgan fingerprint density at radius 1 is 1.35 bits per heavy atom. The third-order valence-corrected chi connectivity index (χ3v) is 6.04. The normalized spacial score (nSPS) is 22.1. The molecule has 31 heavy (non-hydrogen) atoms. The molecular weight excluding hydrogens is 396 g/mol. The highest BCUT2D eigenvalue weighted by molar-refractivity contribution is 5.72. The van der Waals surface area contributed by atoms with E-state index in [1.54, 1.807) is 10.7 Å². The zero-order valence-electron chi connectivity index (χ0n) is 17.8. The van der Waals surface area contributed by atoms with E-state index < -0.39 is 0 Å². The van der Waals surface area contributed by atoms with E-state index in [0.29, 0.717) is 11.6 Å². The van der Waals surface area contributed by atoms with E-state index in [9.17, 15) is 4.79 Å². The number of alkyl carbamates (subject to hydrolysis) is 1. The summed E-state index contributed by atoms with van der Waals surface area (Å²) in [5.41, 5.74) is 8.79. The summed E-state index contributed by atoms with van der Waals surface area (Å²) < 4.78 is 7.33. The van der Waals surface area contributed by atoms with Crippen molar-refractivity contribution in [1.29, 1.82) is 0 Å². The third-order valence-electron chi connectivity index (χ3n) is 6.04. The molecule has 2 fully saturated rings. The second-order valence-corrected chi connectivity index (χ2v) is 8.96. The molecule has 0 radical (unpaired) electrons. The van der Waals surface area contributed by atoms with Gasteiger partial charge in [0.05, 0.1) is 11.2 Å². The number of fused-ring (bicyclic) bond motifs is 1. The Hall–Kier alpha value is -3.14. The highest BCUT2D eigenvalue weighted by Crippen LogP contribution is 2.42. The SMILES string of the molecule is CC(C)NC(=O)O[C@@H]1CC[C@H](c2cc(Nc3nccn4nc(C5(N)CC5)cc34)n[nH]2)C1. The zero-order chi connectivity index (χ0) is 21.6. The third kappa shape index (κ3) is 4.07. The second-order valence-electron chi connectivity index (χ2n) is 8.96. The number of carbonyl (C=O) groups is 1. The largest absolute Gasteiger partial charge is 0.446 e. The molecular formula is C21H28N8O2. The lowest BCUT2D eigenvalue weighted by Crippen LogP contribution is -2.33. The van der Waals surface area contributed by atoms with Gasteiger partial charge in [0.1, 0.15) is 11.6 Å². The number of amides is 1. The number of H-pyrrole nitrogens is 1. The molecule has 3 aromatic rings. The molecule has 3 aromatic heterocycles. The molecule has 0 aliphatic heterocycles. The Balaban J connectivity index is 1.26. The summed E-state index contributed by atoms with van der Waals surface area (Å²) >= 11 is 0. The molecule has 0 spiro atoms. The molecule has 10 heteroatoms. The Labute approximate surface area is 179 Å². The fourth-order valence-corrected chi connectivity index (χ4v) is 4.13. The second kappa shape index (κ2) is 7.52. The molecule has 3 heterocycles. The van der Waals surface area contributed by atoms with Crippen LogP contribution in [0.2, 0.25) is 0 Å². The van der Waals surface area contributed by atoms with Crippen molar-refractivity contribution in [2.45, 2.75) is 69.6 Å². The number of hydrogen-bond donors (Lipinski definition) is 4. The molecule has 1 amide bonds. The number of nitrogens with two attached hydrogens (primary N) is 1. The molecule has 0 bridgehead atoms. The maximum absolute atomic E-state index is 11.8. The fraction of sp³-hybridized carbons (Fsp3) is 0.524. The quantitative estimate of drug-likeness (QED) is 0.478. The Bertz CT molecular complexity index is 1100. The van der Waals surface area contributed by atoms with Gasteiger partial charge in [-0.25, -0.2) is 14.3 Å². The van der Waals surface area contributed by atoms with Crippen LogP contribution in [0.4, 0.5) is 16.4 Å². The van der Waals surface area contributed by atoms with Gasteiger partial charge >= 0.3 is 6.09 Å². The van der Waals surface area contributed by atoms with Crippen LogP contribution in [-0.2, 0) is 10.3 Å². The smallest absolute Gasteiger partial charge is 0.407 e. The van der Waals surface area contributed by atoms with Crippen molar-refractivity contribution in [3.05, 3.63) is 35.9 Å². The van der Waals surface area contributed by atoms with Gasteiger partial charge < -0.3 is 21.1 Å². The lowest BCUT2D eigenvalue weighted by Gasteiger charge is -2.14. The average molecular weight is 425 g/mol. The predicted octanol–water partition coefficient (Wildman–Crippen LogP) is 2.91. The molecule has 0 unspecified atom stereocenters. The fourth-order valence-electron chi connectivity index (χ4n) is 4.13. The van der Waals surface area contributed by atoms with E-state index in [4.69, 9.17) is 10.5 Å². The molecule has 0 aromatic carbocycles. The van der Waals surface area contributed by atoms with Gasteiger partial charge in [-0.2, -0.15) is 10.2 Å². The summed E-state index contributed by atoms with van der Waals surface area (Å²) in [4.78, 5) is 16.3. The van der Waals surface area contributed by atoms with Gasteiger partial charge in [0.25, 0.3) is 0 Å². The number of aromatic nitrogens is 5. The van der Waals surface area contributed by atoms with Crippen LogP contribution in [0.25, 0.3) is 5.52 Å². The van der Waals surface area contributed by atoms with Crippen molar-refractivity contribution in [1.82, 2.24) is 30.1 Å². The number of rotatable bonds is 6. The maximum atomic E-state index is 11.8. The Morgan fingerprint density at radius 2 is 2.19 bits per heavy atom. The monoisotopic (exact) mass is 424 g/mol. The van der Waals surface area contributed by atoms with Gasteiger partial charge in [0.15, 0.2) is 11.6 Å². The van der Waals surface area contributed by atoms with Crippen molar-refractivity contribution in [2.24, 2.45) is 5.73 Å². The van der Waals surface area contributed by atoms with Gasteiger partial charge in [-0.3, -0.25) is 5.10 Å². The first-order valence-corrected chi connectivity index (χ1v) is 10.8. The highest BCUT2D eigenvalue weighted by atomic mass is 16.6. The number of aromatic amines is 1. The molecule has 5 N–H and O–H groups in total. The summed E-state index contributed by atoms with van der Waals surface area (Å²) in [6.45, 7) is 3.83. The lowest BCUT2D eigenvalue weighted by atomic mass is 10.0. The maximum Gasteiger partial charge on any atom is 0.407 e. The van der Waals surface area contributed by atoms with Crippen molar-refractivity contribution in [3.8, 4) is 0 Å². The van der Waals surface area contributed by atoms with E-state index in [1.165, 1.54) is 0 Å². The number of ether oxygens (including phenoxy) is 1. The van der Waals surface area contributed by atoms with Crippen LogP contribution in [0.5, 0.6) is 0 Å². The molecule has 10 nitrogen and oxygen atoms in total.